The molecular formula is C7H7N3O2S. The van der Waals surface area contributed by atoms with E-state index in [0.717, 1.165) is 0 Å². The molecule has 0 saturated heterocycles. The predicted molar refractivity (Wildman–Crippen MR) is 45.4 cm³/mol. The highest BCUT2D eigenvalue weighted by atomic mass is 32.2. The summed E-state index contributed by atoms with van der Waals surface area (Å²) in [7, 11) is -3.60. The number of hydrogen-bond donors (Lipinski definition) is 1. The second-order valence-corrected chi connectivity index (χ2v) is 4.21. The van der Waals surface area contributed by atoms with Crippen molar-refractivity contribution in [2.24, 2.45) is 15.4 Å². The molecule has 0 fully saturated rings. The van der Waals surface area contributed by atoms with Crippen LogP contribution in [0, 0.1) is 0 Å². The van der Waals surface area contributed by atoms with Gasteiger partial charge in [-0.2, -0.15) is 13.5 Å². The Labute approximate surface area is 75.3 Å². The van der Waals surface area contributed by atoms with Crippen molar-refractivity contribution in [2.45, 2.75) is 11.1 Å². The van der Waals surface area contributed by atoms with Crippen LogP contribution in [0.2, 0.25) is 0 Å². The Kier molecular flexibility index (Phi) is 1.67. The molecule has 0 spiro atoms. The number of nitrogens with two attached hydrogens (primary N) is 1. The van der Waals surface area contributed by atoms with Crippen molar-refractivity contribution >= 4 is 10.0 Å². The Balaban J connectivity index is 2.76. The fourth-order valence-electron chi connectivity index (χ4n) is 1.18. The van der Waals surface area contributed by atoms with Crippen molar-refractivity contribution in [2.75, 3.05) is 0 Å². The van der Waals surface area contributed by atoms with Crippen LogP contribution in [0.1, 0.15) is 11.7 Å². The highest BCUT2D eigenvalue weighted by Crippen LogP contribution is 2.28. The van der Waals surface area contributed by atoms with Gasteiger partial charge >= 0.3 is 0 Å². The standard InChI is InChI=1S/C7H7N3O2S/c8-7-5-3-1-2-4-6(5)13(11,12)10-9-7/h1-4,7H,8H2. The second-order valence-electron chi connectivity index (χ2n) is 2.65. The van der Waals surface area contributed by atoms with E-state index in [-0.39, 0.29) is 4.90 Å². The zero-order valence-electron chi connectivity index (χ0n) is 6.58. The number of sulfonamides is 1. The van der Waals surface area contributed by atoms with Gasteiger partial charge in [-0.05, 0) is 6.07 Å². The van der Waals surface area contributed by atoms with Crippen molar-refractivity contribution in [3.05, 3.63) is 29.8 Å². The van der Waals surface area contributed by atoms with E-state index in [1.165, 1.54) is 6.07 Å². The van der Waals surface area contributed by atoms with Gasteiger partial charge in [0.15, 0.2) is 0 Å². The number of benzene rings is 1. The highest BCUT2D eigenvalue weighted by Gasteiger charge is 2.25. The minimum Gasteiger partial charge on any atom is -0.304 e. The average Bonchev–Trinajstić information content (AvgIpc) is 2.13. The molecule has 1 aromatic rings. The Hall–Kier alpha value is -1.27. The normalized spacial score (nSPS) is 23.9. The van der Waals surface area contributed by atoms with Crippen LogP contribution < -0.4 is 5.73 Å². The van der Waals surface area contributed by atoms with Crippen molar-refractivity contribution in [1.82, 2.24) is 0 Å². The molecule has 1 aliphatic heterocycles. The Bertz CT molecular complexity index is 466. The molecule has 5 nitrogen and oxygen atoms in total. The molecule has 0 bridgehead atoms. The molecule has 0 amide bonds. The number of nitrogens with zero attached hydrogens (tertiary/aromatic N) is 2. The van der Waals surface area contributed by atoms with Gasteiger partial charge in [-0.1, -0.05) is 22.7 Å². The van der Waals surface area contributed by atoms with Gasteiger partial charge in [-0.3, -0.25) is 0 Å². The van der Waals surface area contributed by atoms with Crippen LogP contribution in [0.4, 0.5) is 0 Å². The van der Waals surface area contributed by atoms with E-state index in [1.807, 2.05) is 0 Å². The van der Waals surface area contributed by atoms with Gasteiger partial charge in [0.25, 0.3) is 10.0 Å². The van der Waals surface area contributed by atoms with Gasteiger partial charge in [-0.25, -0.2) is 0 Å². The first-order valence-electron chi connectivity index (χ1n) is 3.63. The fourth-order valence-corrected chi connectivity index (χ4v) is 2.23. The molecule has 0 aromatic heterocycles. The maximum absolute atomic E-state index is 11.3. The lowest BCUT2D eigenvalue weighted by atomic mass is 10.2. The maximum atomic E-state index is 11.3. The molecule has 2 rings (SSSR count). The first kappa shape index (κ1) is 8.33. The Morgan fingerprint density at radius 3 is 2.69 bits per heavy atom. The molecule has 1 aliphatic rings. The van der Waals surface area contributed by atoms with E-state index in [4.69, 9.17) is 5.73 Å². The molecule has 68 valence electrons. The molecule has 1 atom stereocenters. The van der Waals surface area contributed by atoms with Crippen molar-refractivity contribution in [3.8, 4) is 0 Å². The molecule has 13 heavy (non-hydrogen) atoms. The minimum atomic E-state index is -3.60. The summed E-state index contributed by atoms with van der Waals surface area (Å²) in [5.41, 5.74) is 6.04. The van der Waals surface area contributed by atoms with Crippen LogP contribution in [0.5, 0.6) is 0 Å². The Morgan fingerprint density at radius 2 is 2.00 bits per heavy atom. The predicted octanol–water partition coefficient (Wildman–Crippen LogP) is 0.798. The summed E-state index contributed by atoms with van der Waals surface area (Å²) in [6, 6.07) is 6.46. The van der Waals surface area contributed by atoms with Gasteiger partial charge in [0.2, 0.25) is 0 Å². The van der Waals surface area contributed by atoms with Crippen molar-refractivity contribution in [1.29, 1.82) is 0 Å². The van der Waals surface area contributed by atoms with Gasteiger partial charge in [0.1, 0.15) is 6.17 Å². The molecule has 1 aromatic carbocycles. The van der Waals surface area contributed by atoms with Crippen molar-refractivity contribution in [3.63, 3.8) is 0 Å². The SMILES string of the molecule is NC1N=NS(=O)(=O)c2ccccc21. The number of fused-ring (bicyclic) bond motifs is 1. The van der Waals surface area contributed by atoms with E-state index < -0.39 is 16.2 Å². The molecule has 0 aliphatic carbocycles. The van der Waals surface area contributed by atoms with Crippen LogP contribution in [-0.2, 0) is 10.0 Å². The second kappa shape index (κ2) is 2.61. The molecule has 0 saturated carbocycles. The van der Waals surface area contributed by atoms with Crippen molar-refractivity contribution < 1.29 is 8.42 Å². The molecule has 1 heterocycles. The zero-order chi connectivity index (χ0) is 9.47. The van der Waals surface area contributed by atoms with Crippen LogP contribution >= 0.6 is 0 Å². The van der Waals surface area contributed by atoms with Gasteiger partial charge < -0.3 is 5.73 Å². The van der Waals surface area contributed by atoms with Crippen LogP contribution in [0.15, 0.2) is 38.8 Å². The monoisotopic (exact) mass is 197 g/mol. The lowest BCUT2D eigenvalue weighted by molar-refractivity contribution is 0.577. The van der Waals surface area contributed by atoms with Crippen LogP contribution in [0.25, 0.3) is 0 Å². The largest absolute Gasteiger partial charge is 0.304 e. The van der Waals surface area contributed by atoms with E-state index in [1.54, 1.807) is 18.2 Å². The van der Waals surface area contributed by atoms with E-state index in [9.17, 15) is 8.42 Å². The lowest BCUT2D eigenvalue weighted by Gasteiger charge is -2.13. The number of rotatable bonds is 0. The van der Waals surface area contributed by atoms with Gasteiger partial charge in [0, 0.05) is 5.56 Å². The van der Waals surface area contributed by atoms with Gasteiger partial charge in [0.05, 0.1) is 4.90 Å². The summed E-state index contributed by atoms with van der Waals surface area (Å²) >= 11 is 0. The molecule has 1 unspecified atom stereocenters. The lowest BCUT2D eigenvalue weighted by Crippen LogP contribution is -2.16. The van der Waals surface area contributed by atoms with E-state index >= 15 is 0 Å². The third-order valence-corrected chi connectivity index (χ3v) is 3.03. The summed E-state index contributed by atoms with van der Waals surface area (Å²) in [6.07, 6.45) is -0.667. The Morgan fingerprint density at radius 1 is 1.31 bits per heavy atom. The summed E-state index contributed by atoms with van der Waals surface area (Å²) in [5, 5.41) is 3.44. The first-order chi connectivity index (χ1) is 6.11. The highest BCUT2D eigenvalue weighted by molar-refractivity contribution is 7.90. The smallest absolute Gasteiger partial charge is 0.299 e. The molecular weight excluding hydrogens is 190 g/mol. The van der Waals surface area contributed by atoms with E-state index in [2.05, 4.69) is 9.63 Å². The van der Waals surface area contributed by atoms with Crippen LogP contribution in [0.3, 0.4) is 0 Å². The number of hydrogen-bond acceptors (Lipinski definition) is 4. The third kappa shape index (κ3) is 1.24. The minimum absolute atomic E-state index is 0.150. The molecule has 2 N–H and O–H groups in total. The molecule has 6 heteroatoms. The fraction of sp³-hybridized carbons (Fsp3) is 0.143. The topological polar surface area (TPSA) is 84.9 Å². The molecule has 0 radical (unpaired) electrons. The maximum Gasteiger partial charge on any atom is 0.299 e. The summed E-state index contributed by atoms with van der Waals surface area (Å²) < 4.78 is 25.8. The summed E-state index contributed by atoms with van der Waals surface area (Å²) in [4.78, 5) is 0.150. The average molecular weight is 197 g/mol. The first-order valence-corrected chi connectivity index (χ1v) is 5.07. The zero-order valence-corrected chi connectivity index (χ0v) is 7.40. The summed E-state index contributed by atoms with van der Waals surface area (Å²) in [6.45, 7) is 0. The third-order valence-electron chi connectivity index (χ3n) is 1.79. The van der Waals surface area contributed by atoms with Crippen LogP contribution in [-0.4, -0.2) is 8.42 Å². The summed E-state index contributed by atoms with van der Waals surface area (Å²) in [5.74, 6) is 0. The quantitative estimate of drug-likeness (QED) is 0.667. The van der Waals surface area contributed by atoms with E-state index in [0.29, 0.717) is 5.56 Å². The van der Waals surface area contributed by atoms with Gasteiger partial charge in [-0.15, -0.1) is 0 Å².